The summed E-state index contributed by atoms with van der Waals surface area (Å²) >= 11 is 0. The summed E-state index contributed by atoms with van der Waals surface area (Å²) in [6.07, 6.45) is 2.21. The number of hydrogen-bond donors (Lipinski definition) is 1. The van der Waals surface area contributed by atoms with Crippen LogP contribution < -0.4 is 11.1 Å². The third-order valence-electron chi connectivity index (χ3n) is 4.30. The minimum atomic E-state index is -0.490. The number of aromatic nitrogens is 1. The van der Waals surface area contributed by atoms with E-state index in [1.165, 1.54) is 4.57 Å². The van der Waals surface area contributed by atoms with E-state index in [9.17, 15) is 9.59 Å². The molecule has 0 radical (unpaired) electrons. The van der Waals surface area contributed by atoms with Crippen molar-refractivity contribution in [3.8, 4) is 0 Å². The van der Waals surface area contributed by atoms with Crippen molar-refractivity contribution in [1.82, 2.24) is 14.8 Å². The van der Waals surface area contributed by atoms with Gasteiger partial charge in [-0.25, -0.2) is 4.79 Å². The molecule has 0 bridgehead atoms. The van der Waals surface area contributed by atoms with E-state index < -0.39 is 5.76 Å². The largest absolute Gasteiger partial charge is 0.420 e. The Morgan fingerprint density at radius 1 is 1.32 bits per heavy atom. The van der Waals surface area contributed by atoms with Crippen LogP contribution >= 0.6 is 0 Å². The van der Waals surface area contributed by atoms with E-state index in [0.717, 1.165) is 25.9 Å². The second kappa shape index (κ2) is 6.36. The Bertz CT molecular complexity index is 711. The van der Waals surface area contributed by atoms with Gasteiger partial charge in [-0.2, -0.15) is 0 Å². The molecule has 1 N–H and O–H groups in total. The first kappa shape index (κ1) is 14.8. The molecule has 2 aromatic rings. The van der Waals surface area contributed by atoms with Crippen molar-refractivity contribution in [3.05, 3.63) is 34.8 Å². The van der Waals surface area contributed by atoms with E-state index in [-0.39, 0.29) is 12.5 Å². The van der Waals surface area contributed by atoms with E-state index in [2.05, 4.69) is 17.3 Å². The molecule has 2 heterocycles. The molecule has 0 atom stereocenters. The molecule has 3 rings (SSSR count). The molecule has 0 unspecified atom stereocenters. The summed E-state index contributed by atoms with van der Waals surface area (Å²) in [4.78, 5) is 26.2. The Labute approximate surface area is 128 Å². The Hall–Kier alpha value is -2.08. The highest BCUT2D eigenvalue weighted by Gasteiger charge is 2.18. The van der Waals surface area contributed by atoms with Crippen molar-refractivity contribution < 1.29 is 9.21 Å². The topological polar surface area (TPSA) is 67.5 Å². The van der Waals surface area contributed by atoms with Crippen molar-refractivity contribution in [2.24, 2.45) is 5.92 Å². The Morgan fingerprint density at radius 2 is 2.05 bits per heavy atom. The maximum atomic E-state index is 12.1. The number of carbonyl (C=O) groups is 1. The molecule has 1 amide bonds. The average molecular weight is 303 g/mol. The van der Waals surface area contributed by atoms with Crippen molar-refractivity contribution in [2.75, 3.05) is 26.7 Å². The number of benzene rings is 1. The van der Waals surface area contributed by atoms with E-state index >= 15 is 0 Å². The minimum Gasteiger partial charge on any atom is -0.408 e. The Morgan fingerprint density at radius 3 is 2.82 bits per heavy atom. The van der Waals surface area contributed by atoms with Gasteiger partial charge in [0.25, 0.3) is 0 Å². The summed E-state index contributed by atoms with van der Waals surface area (Å²) in [6, 6.07) is 7.13. The third kappa shape index (κ3) is 3.22. The smallest absolute Gasteiger partial charge is 0.408 e. The lowest BCUT2D eigenvalue weighted by atomic mass is 9.97. The molecule has 0 aliphatic carbocycles. The lowest BCUT2D eigenvalue weighted by Gasteiger charge is -2.28. The molecular weight excluding hydrogens is 282 g/mol. The third-order valence-corrected chi connectivity index (χ3v) is 4.30. The number of fused-ring (bicyclic) bond motifs is 1. The lowest BCUT2D eigenvalue weighted by Crippen LogP contribution is -2.38. The first-order chi connectivity index (χ1) is 10.6. The number of piperidine rings is 1. The van der Waals surface area contributed by atoms with E-state index in [1.807, 2.05) is 6.07 Å². The first-order valence-electron chi connectivity index (χ1n) is 7.67. The number of oxazole rings is 1. The number of carbonyl (C=O) groups excluding carboxylic acids is 1. The van der Waals surface area contributed by atoms with Gasteiger partial charge in [-0.05, 0) is 51.0 Å². The molecule has 6 heteroatoms. The molecular formula is C16H21N3O3. The highest BCUT2D eigenvalue weighted by atomic mass is 16.4. The summed E-state index contributed by atoms with van der Waals surface area (Å²) in [6.45, 7) is 2.83. The van der Waals surface area contributed by atoms with Gasteiger partial charge in [0.15, 0.2) is 5.58 Å². The zero-order chi connectivity index (χ0) is 15.5. The molecule has 0 spiro atoms. The maximum absolute atomic E-state index is 12.1. The highest BCUT2D eigenvalue weighted by Crippen LogP contribution is 2.15. The van der Waals surface area contributed by atoms with Gasteiger partial charge in [-0.3, -0.25) is 9.36 Å². The van der Waals surface area contributed by atoms with Gasteiger partial charge in [-0.1, -0.05) is 12.1 Å². The molecule has 1 aliphatic heterocycles. The standard InChI is InChI=1S/C16H21N3O3/c1-18-8-6-12(7-9-18)10-17-15(20)11-19-13-4-2-3-5-14(13)22-16(19)21/h2-5,12H,6-11H2,1H3,(H,17,20). The monoisotopic (exact) mass is 303 g/mol. The predicted octanol–water partition coefficient (Wildman–Crippen LogP) is 1.05. The molecule has 1 aromatic heterocycles. The zero-order valence-electron chi connectivity index (χ0n) is 12.7. The summed E-state index contributed by atoms with van der Waals surface area (Å²) < 4.78 is 6.50. The van der Waals surface area contributed by atoms with Gasteiger partial charge < -0.3 is 14.6 Å². The van der Waals surface area contributed by atoms with Gasteiger partial charge in [-0.15, -0.1) is 0 Å². The van der Waals surface area contributed by atoms with Gasteiger partial charge in [0.2, 0.25) is 5.91 Å². The number of nitrogens with one attached hydrogen (secondary N) is 1. The van der Waals surface area contributed by atoms with Crippen LogP contribution in [0.1, 0.15) is 12.8 Å². The fraction of sp³-hybridized carbons (Fsp3) is 0.500. The number of para-hydroxylation sites is 2. The summed E-state index contributed by atoms with van der Waals surface area (Å²) in [5.41, 5.74) is 1.16. The van der Waals surface area contributed by atoms with Crippen molar-refractivity contribution in [2.45, 2.75) is 19.4 Å². The molecule has 1 fully saturated rings. The van der Waals surface area contributed by atoms with Gasteiger partial charge in [0.1, 0.15) is 6.54 Å². The molecule has 0 saturated carbocycles. The summed E-state index contributed by atoms with van der Waals surface area (Å²) in [7, 11) is 2.12. The minimum absolute atomic E-state index is 0.00245. The highest BCUT2D eigenvalue weighted by molar-refractivity contribution is 5.79. The van der Waals surface area contributed by atoms with E-state index in [1.54, 1.807) is 18.2 Å². The van der Waals surface area contributed by atoms with Crippen LogP contribution in [0.5, 0.6) is 0 Å². The molecule has 22 heavy (non-hydrogen) atoms. The van der Waals surface area contributed by atoms with Crippen LogP contribution in [0.3, 0.4) is 0 Å². The molecule has 118 valence electrons. The second-order valence-corrected chi connectivity index (χ2v) is 5.97. The molecule has 1 aliphatic rings. The van der Waals surface area contributed by atoms with Crippen molar-refractivity contribution in [3.63, 3.8) is 0 Å². The number of nitrogens with zero attached hydrogens (tertiary/aromatic N) is 2. The number of amides is 1. The predicted molar refractivity (Wildman–Crippen MR) is 83.7 cm³/mol. The fourth-order valence-corrected chi connectivity index (χ4v) is 2.89. The molecule has 1 saturated heterocycles. The van der Waals surface area contributed by atoms with Crippen LogP contribution in [0.25, 0.3) is 11.1 Å². The van der Waals surface area contributed by atoms with Gasteiger partial charge in [0.05, 0.1) is 5.52 Å². The van der Waals surface area contributed by atoms with Crippen LogP contribution in [-0.2, 0) is 11.3 Å². The maximum Gasteiger partial charge on any atom is 0.420 e. The summed E-state index contributed by atoms with van der Waals surface area (Å²) in [5.74, 6) is -0.110. The summed E-state index contributed by atoms with van der Waals surface area (Å²) in [5, 5.41) is 2.94. The van der Waals surface area contributed by atoms with E-state index in [4.69, 9.17) is 4.42 Å². The SMILES string of the molecule is CN1CCC(CNC(=O)Cn2c(=O)oc3ccccc32)CC1. The van der Waals surface area contributed by atoms with Crippen LogP contribution in [0, 0.1) is 5.92 Å². The molecule has 6 nitrogen and oxygen atoms in total. The second-order valence-electron chi connectivity index (χ2n) is 5.97. The number of hydrogen-bond acceptors (Lipinski definition) is 4. The van der Waals surface area contributed by atoms with Gasteiger partial charge >= 0.3 is 5.76 Å². The number of likely N-dealkylation sites (tertiary alicyclic amines) is 1. The normalized spacial score (nSPS) is 17.0. The number of rotatable bonds is 4. The zero-order valence-corrected chi connectivity index (χ0v) is 12.7. The van der Waals surface area contributed by atoms with Gasteiger partial charge in [0, 0.05) is 6.54 Å². The van der Waals surface area contributed by atoms with Crippen LogP contribution in [0.15, 0.2) is 33.5 Å². The van der Waals surface area contributed by atoms with E-state index in [0.29, 0.717) is 23.6 Å². The van der Waals surface area contributed by atoms with Crippen molar-refractivity contribution >= 4 is 17.0 Å². The molecule has 1 aromatic carbocycles. The quantitative estimate of drug-likeness (QED) is 0.917. The Kier molecular flexibility index (Phi) is 4.29. The Balaban J connectivity index is 1.59. The fourth-order valence-electron chi connectivity index (χ4n) is 2.89. The van der Waals surface area contributed by atoms with Crippen LogP contribution in [-0.4, -0.2) is 42.1 Å². The van der Waals surface area contributed by atoms with Crippen molar-refractivity contribution in [1.29, 1.82) is 0 Å². The average Bonchev–Trinajstić information content (AvgIpc) is 2.83. The lowest BCUT2D eigenvalue weighted by molar-refractivity contribution is -0.121. The van der Waals surface area contributed by atoms with Crippen LogP contribution in [0.2, 0.25) is 0 Å². The first-order valence-corrected chi connectivity index (χ1v) is 7.67. The van der Waals surface area contributed by atoms with Crippen LogP contribution in [0.4, 0.5) is 0 Å².